The second-order valence-corrected chi connectivity index (χ2v) is 41.9. The number of hydrogen-bond acceptors (Lipinski definition) is 8. The van der Waals surface area contributed by atoms with Crippen molar-refractivity contribution >= 4 is 184 Å². The molecule has 0 spiro atoms. The molecule has 15 aromatic rings. The van der Waals surface area contributed by atoms with E-state index in [0.717, 1.165) is 0 Å². The van der Waals surface area contributed by atoms with Crippen molar-refractivity contribution in [1.29, 1.82) is 0 Å². The Morgan fingerprint density at radius 2 is 0.520 bits per heavy atom. The summed E-state index contributed by atoms with van der Waals surface area (Å²) < 4.78 is 0. The molecular formula is C114H99B3N6S2. The molecule has 6 nitrogen and oxygen atoms in total. The molecule has 0 unspecified atom stereocenters. The number of benzene rings is 15. The number of hydrogen-bond donors (Lipinski definition) is 0. The maximum Gasteiger partial charge on any atom is 0.255 e. The molecule has 0 aromatic heterocycles. The zero-order valence-electron chi connectivity index (χ0n) is 72.8. The summed E-state index contributed by atoms with van der Waals surface area (Å²) in [4.78, 5) is 22.3. The molecule has 10 aliphatic rings. The minimum Gasteiger partial charge on any atom is -0.335 e. The standard InChI is InChI=1S/C114H99B3N6S2/c1-112(2,3)74-62-79(70-38-16-10-17-39-70)106(80(63-74)71-40-18-11-19-41-71)122-93-66-76(114(7,8)9)67-94-101(93)117(104-97(122)68-95-102-110(104)124-99-60-34-28-50-83(99)115(102)85-52-36-58-91-108(85)120(95)89-56-32-30-54-87(89)118(91)77-46-24-14-25-47-77)105-98(123(94)107-81(72-42-20-12-21-43-72)64-75(113(4,5)6)65-82(107)73-44-22-13-23-45-73)69-96-103-111(105)125-100-61-35-29-51-84(100)116(103)86-53-37-59-92-109(86)121(96)90-57-33-31-55-88(90)119(92)78-48-26-15-27-49-78/h10-13,16-23,28-45,50-69,77-78H,14-15,24-27,46-49H2,1-9H3. The SMILES string of the molecule is CC(C)(C)c1cc(-c2ccccc2)c(N2c3cc(C(C)(C)C)cc4c3B(c3c2cc2c5c3Sc3ccccc3B5c3cccc5c3N2c2ccccc2N5C2CCCCC2)c2c(cc3c5c2Sc2ccccc2B5c2cccc5c2N3c2ccccc2N5C2CCCCC2)N4c2c(-c3ccccc3)cc(C(C)(C)C)cc2-c2ccccc2)c(-c2ccccc2)c1. The van der Waals surface area contributed by atoms with Crippen LogP contribution in [0.3, 0.4) is 0 Å². The smallest absolute Gasteiger partial charge is 0.255 e. The second-order valence-electron chi connectivity index (χ2n) is 39.8. The van der Waals surface area contributed by atoms with E-state index in [0.29, 0.717) is 12.1 Å². The Hall–Kier alpha value is -12.0. The van der Waals surface area contributed by atoms with Crippen LogP contribution in [0.1, 0.15) is 143 Å². The molecule has 0 bridgehead atoms. The van der Waals surface area contributed by atoms with Crippen molar-refractivity contribution in [2.75, 3.05) is 29.4 Å². The summed E-state index contributed by atoms with van der Waals surface area (Å²) in [5.74, 6) is 0. The lowest BCUT2D eigenvalue weighted by Crippen LogP contribution is -2.68. The third-order valence-corrected chi connectivity index (χ3v) is 31.9. The van der Waals surface area contributed by atoms with Gasteiger partial charge in [0.2, 0.25) is 13.4 Å². The van der Waals surface area contributed by atoms with Gasteiger partial charge in [-0.25, -0.2) is 0 Å². The Balaban J connectivity index is 0.900. The molecule has 25 rings (SSSR count). The molecule has 8 heterocycles. The molecule has 8 aliphatic heterocycles. The molecule has 15 aromatic carbocycles. The first-order valence-electron chi connectivity index (χ1n) is 46.0. The summed E-state index contributed by atoms with van der Waals surface area (Å²) in [6, 6.07) is 121. The van der Waals surface area contributed by atoms with E-state index in [1.807, 2.05) is 23.5 Å². The van der Waals surface area contributed by atoms with Crippen LogP contribution in [-0.2, 0) is 16.2 Å². The van der Waals surface area contributed by atoms with Gasteiger partial charge < -0.3 is 29.4 Å². The molecule has 2 fully saturated rings. The molecule has 125 heavy (non-hydrogen) atoms. The predicted octanol–water partition coefficient (Wildman–Crippen LogP) is 25.4. The molecule has 0 N–H and O–H groups in total. The highest BCUT2D eigenvalue weighted by Gasteiger charge is 2.57. The minimum absolute atomic E-state index is 0.107. The first kappa shape index (κ1) is 75.5. The van der Waals surface area contributed by atoms with Crippen molar-refractivity contribution in [2.24, 2.45) is 0 Å². The first-order valence-corrected chi connectivity index (χ1v) is 47.6. The maximum atomic E-state index is 2.90. The summed E-state index contributed by atoms with van der Waals surface area (Å²) in [5, 5.41) is 0. The van der Waals surface area contributed by atoms with Crippen LogP contribution in [0.5, 0.6) is 0 Å². The van der Waals surface area contributed by atoms with E-state index in [2.05, 4.69) is 395 Å². The van der Waals surface area contributed by atoms with Crippen molar-refractivity contribution in [2.45, 2.75) is 174 Å². The van der Waals surface area contributed by atoms with E-state index < -0.39 is 0 Å². The van der Waals surface area contributed by atoms with Crippen LogP contribution in [0, 0.1) is 0 Å². The largest absolute Gasteiger partial charge is 0.335 e. The van der Waals surface area contributed by atoms with Crippen molar-refractivity contribution in [3.63, 3.8) is 0 Å². The highest BCUT2D eigenvalue weighted by Crippen LogP contribution is 2.63. The summed E-state index contributed by atoms with van der Waals surface area (Å²) in [6.45, 7) is 21.3. The van der Waals surface area contributed by atoms with Gasteiger partial charge in [-0.15, -0.1) is 0 Å². The normalized spacial score (nSPS) is 16.1. The van der Waals surface area contributed by atoms with Crippen LogP contribution in [0.25, 0.3) is 44.5 Å². The van der Waals surface area contributed by atoms with Crippen LogP contribution in [0.15, 0.2) is 323 Å². The van der Waals surface area contributed by atoms with Crippen LogP contribution in [0.4, 0.5) is 91.0 Å². The van der Waals surface area contributed by atoms with E-state index in [1.54, 1.807) is 0 Å². The summed E-state index contributed by atoms with van der Waals surface area (Å²) >= 11 is 4.09. The molecule has 11 heteroatoms. The Morgan fingerprint density at radius 3 is 0.872 bits per heavy atom. The Bertz CT molecular complexity index is 6490. The second kappa shape index (κ2) is 28.3. The molecule has 2 saturated carbocycles. The lowest BCUT2D eigenvalue weighted by molar-refractivity contribution is 0.435. The van der Waals surface area contributed by atoms with Crippen LogP contribution >= 0.6 is 23.5 Å². The van der Waals surface area contributed by atoms with Gasteiger partial charge in [-0.3, -0.25) is 0 Å². The molecule has 0 radical (unpaired) electrons. The number of fused-ring (bicyclic) bond motifs is 18. The fourth-order valence-corrected chi connectivity index (χ4v) is 26.4. The minimum atomic E-state index is -0.382. The van der Waals surface area contributed by atoms with Gasteiger partial charge in [0.1, 0.15) is 0 Å². The van der Waals surface area contributed by atoms with E-state index in [4.69, 9.17) is 0 Å². The molecular weight excluding hydrogens is 1550 g/mol. The monoisotopic (exact) mass is 1650 g/mol. The summed E-state index contributed by atoms with van der Waals surface area (Å²) in [6.07, 6.45) is 12.2. The highest BCUT2D eigenvalue weighted by atomic mass is 32.2. The predicted molar refractivity (Wildman–Crippen MR) is 536 cm³/mol. The number of anilines is 16. The van der Waals surface area contributed by atoms with Crippen LogP contribution < -0.4 is 78.6 Å². The first-order chi connectivity index (χ1) is 61.0. The average Bonchev–Trinajstić information content (AvgIpc) is 0.659. The van der Waals surface area contributed by atoms with Gasteiger partial charge in [0, 0.05) is 88.0 Å². The lowest BCUT2D eigenvalue weighted by atomic mass is 9.29. The Morgan fingerprint density at radius 1 is 0.240 bits per heavy atom. The van der Waals surface area contributed by atoms with Gasteiger partial charge in [0.25, 0.3) is 6.71 Å². The zero-order chi connectivity index (χ0) is 83.8. The van der Waals surface area contributed by atoms with Gasteiger partial charge in [0.15, 0.2) is 0 Å². The zero-order valence-corrected chi connectivity index (χ0v) is 74.5. The topological polar surface area (TPSA) is 19.4 Å². The number of para-hydroxylation sites is 6. The average molecular weight is 1650 g/mol. The van der Waals surface area contributed by atoms with E-state index in [1.165, 1.54) is 285 Å². The summed E-state index contributed by atoms with van der Waals surface area (Å²) in [5.41, 5.74) is 44.7. The summed E-state index contributed by atoms with van der Waals surface area (Å²) in [7, 11) is 0. The van der Waals surface area contributed by atoms with Crippen molar-refractivity contribution in [1.82, 2.24) is 0 Å². The maximum absolute atomic E-state index is 2.90. The van der Waals surface area contributed by atoms with Gasteiger partial charge in [-0.05, 0) is 216 Å². The van der Waals surface area contributed by atoms with E-state index in [9.17, 15) is 0 Å². The van der Waals surface area contributed by atoms with Crippen LogP contribution in [-0.4, -0.2) is 32.2 Å². The van der Waals surface area contributed by atoms with Crippen molar-refractivity contribution < 1.29 is 0 Å². The fraction of sp³-hybridized carbons (Fsp3) is 0.211. The van der Waals surface area contributed by atoms with Gasteiger partial charge in [-0.1, -0.05) is 342 Å². The molecule has 0 saturated heterocycles. The highest BCUT2D eigenvalue weighted by molar-refractivity contribution is 8.00. The van der Waals surface area contributed by atoms with Crippen molar-refractivity contribution in [3.05, 3.63) is 320 Å². The number of nitrogens with zero attached hydrogens (tertiary/aromatic N) is 6. The molecule has 606 valence electrons. The third kappa shape index (κ3) is 11.3. The molecule has 2 aliphatic carbocycles. The molecule has 0 atom stereocenters. The van der Waals surface area contributed by atoms with Gasteiger partial charge >= 0.3 is 0 Å². The fourth-order valence-electron chi connectivity index (χ4n) is 23.7. The third-order valence-electron chi connectivity index (χ3n) is 29.5. The quantitative estimate of drug-likeness (QED) is 0.138. The van der Waals surface area contributed by atoms with Gasteiger partial charge in [0.05, 0.1) is 56.9 Å². The van der Waals surface area contributed by atoms with E-state index >= 15 is 0 Å². The van der Waals surface area contributed by atoms with E-state index in [-0.39, 0.29) is 36.4 Å². The van der Waals surface area contributed by atoms with Crippen molar-refractivity contribution in [3.8, 4) is 44.5 Å². The lowest BCUT2D eigenvalue weighted by Gasteiger charge is -2.52. The number of rotatable bonds is 8. The van der Waals surface area contributed by atoms with Gasteiger partial charge in [-0.2, -0.15) is 0 Å². The Labute approximate surface area is 746 Å². The Kier molecular flexibility index (Phi) is 17.1. The van der Waals surface area contributed by atoms with Crippen LogP contribution in [0.2, 0.25) is 0 Å². The molecule has 0 amide bonds.